The summed E-state index contributed by atoms with van der Waals surface area (Å²) in [7, 11) is 0. The number of aliphatic hydroxyl groups is 1. The van der Waals surface area contributed by atoms with Gasteiger partial charge in [-0.2, -0.15) is 0 Å². The zero-order valence-corrected chi connectivity index (χ0v) is 8.20. The van der Waals surface area contributed by atoms with Crippen LogP contribution in [0.4, 0.5) is 4.79 Å². The first-order valence-corrected chi connectivity index (χ1v) is 4.36. The van der Waals surface area contributed by atoms with Gasteiger partial charge in [-0.15, -0.1) is 0 Å². The maximum atomic E-state index is 11.2. The second kappa shape index (κ2) is 3.51. The van der Waals surface area contributed by atoms with Crippen LogP contribution < -0.4 is 5.32 Å². The molecule has 0 bridgehead atoms. The molecule has 0 spiro atoms. The summed E-state index contributed by atoms with van der Waals surface area (Å²) in [4.78, 5) is 16.3. The molecular weight excluding hydrogens is 172 g/mol. The van der Waals surface area contributed by atoms with E-state index in [0.29, 0.717) is 13.2 Å². The molecule has 1 fully saturated rings. The molecule has 1 aliphatic rings. The summed E-state index contributed by atoms with van der Waals surface area (Å²) in [6.07, 6.45) is -0.809. The SMILES string of the molecule is CCON1CC(C)(C)C(O)NC1=O. The number of nitrogens with zero attached hydrogens (tertiary/aromatic N) is 1. The molecule has 1 heterocycles. The van der Waals surface area contributed by atoms with Crippen molar-refractivity contribution in [2.75, 3.05) is 13.2 Å². The number of urea groups is 1. The average molecular weight is 188 g/mol. The number of hydrogen-bond acceptors (Lipinski definition) is 3. The highest BCUT2D eigenvalue weighted by Gasteiger charge is 2.39. The van der Waals surface area contributed by atoms with E-state index in [-0.39, 0.29) is 11.4 Å². The Bertz CT molecular complexity index is 206. The first-order valence-electron chi connectivity index (χ1n) is 4.36. The van der Waals surface area contributed by atoms with E-state index >= 15 is 0 Å². The van der Waals surface area contributed by atoms with Crippen LogP contribution in [0.5, 0.6) is 0 Å². The minimum absolute atomic E-state index is 0.381. The van der Waals surface area contributed by atoms with Crippen LogP contribution in [-0.4, -0.2) is 35.6 Å². The van der Waals surface area contributed by atoms with E-state index < -0.39 is 6.23 Å². The highest BCUT2D eigenvalue weighted by molar-refractivity contribution is 5.74. The molecule has 1 unspecified atom stereocenters. The van der Waals surface area contributed by atoms with Gasteiger partial charge in [0.15, 0.2) is 0 Å². The maximum Gasteiger partial charge on any atom is 0.343 e. The third-order valence-electron chi connectivity index (χ3n) is 2.06. The second-order valence-corrected chi connectivity index (χ2v) is 3.79. The van der Waals surface area contributed by atoms with Gasteiger partial charge in [-0.05, 0) is 6.92 Å². The van der Waals surface area contributed by atoms with Gasteiger partial charge < -0.3 is 10.4 Å². The lowest BCUT2D eigenvalue weighted by atomic mass is 9.89. The van der Waals surface area contributed by atoms with Gasteiger partial charge in [-0.3, -0.25) is 4.84 Å². The fraction of sp³-hybridized carbons (Fsp3) is 0.875. The molecule has 1 atom stereocenters. The summed E-state index contributed by atoms with van der Waals surface area (Å²) in [5.74, 6) is 0. The highest BCUT2D eigenvalue weighted by atomic mass is 16.7. The van der Waals surface area contributed by atoms with Crippen LogP contribution in [0, 0.1) is 5.41 Å². The molecule has 0 aromatic heterocycles. The molecule has 0 saturated carbocycles. The summed E-state index contributed by atoms with van der Waals surface area (Å²) in [6.45, 7) is 6.38. The molecule has 13 heavy (non-hydrogen) atoms. The third kappa shape index (κ3) is 2.10. The zero-order valence-electron chi connectivity index (χ0n) is 8.20. The lowest BCUT2D eigenvalue weighted by Gasteiger charge is -2.40. The lowest BCUT2D eigenvalue weighted by molar-refractivity contribution is -0.164. The molecule has 0 radical (unpaired) electrons. The van der Waals surface area contributed by atoms with E-state index in [9.17, 15) is 9.90 Å². The third-order valence-corrected chi connectivity index (χ3v) is 2.06. The number of carbonyl (C=O) groups is 1. The number of amides is 2. The molecule has 0 aliphatic carbocycles. The molecule has 76 valence electrons. The summed E-state index contributed by atoms with van der Waals surface area (Å²) >= 11 is 0. The Balaban J connectivity index is 2.64. The Kier molecular flexibility index (Phi) is 2.77. The predicted molar refractivity (Wildman–Crippen MR) is 46.7 cm³/mol. The molecule has 2 amide bonds. The van der Waals surface area contributed by atoms with Gasteiger partial charge in [-0.25, -0.2) is 9.86 Å². The van der Waals surface area contributed by atoms with E-state index in [2.05, 4.69) is 5.32 Å². The van der Waals surface area contributed by atoms with E-state index in [1.54, 1.807) is 0 Å². The topological polar surface area (TPSA) is 61.8 Å². The molecular formula is C8H16N2O3. The van der Waals surface area contributed by atoms with Crippen molar-refractivity contribution in [3.63, 3.8) is 0 Å². The van der Waals surface area contributed by atoms with Crippen LogP contribution in [-0.2, 0) is 4.84 Å². The van der Waals surface area contributed by atoms with Crippen LogP contribution in [0.2, 0.25) is 0 Å². The largest absolute Gasteiger partial charge is 0.373 e. The molecule has 5 nitrogen and oxygen atoms in total. The van der Waals surface area contributed by atoms with Crippen LogP contribution >= 0.6 is 0 Å². The Hall–Kier alpha value is -0.810. The molecule has 1 saturated heterocycles. The smallest absolute Gasteiger partial charge is 0.343 e. The van der Waals surface area contributed by atoms with Gasteiger partial charge in [0.25, 0.3) is 0 Å². The Labute approximate surface area is 77.6 Å². The van der Waals surface area contributed by atoms with Crippen molar-refractivity contribution in [3.8, 4) is 0 Å². The minimum Gasteiger partial charge on any atom is -0.373 e. The van der Waals surface area contributed by atoms with Gasteiger partial charge in [-0.1, -0.05) is 13.8 Å². The monoisotopic (exact) mass is 188 g/mol. The first-order chi connectivity index (χ1) is 5.97. The molecule has 2 N–H and O–H groups in total. The lowest BCUT2D eigenvalue weighted by Crippen LogP contribution is -2.60. The van der Waals surface area contributed by atoms with Gasteiger partial charge in [0.2, 0.25) is 0 Å². The normalized spacial score (nSPS) is 27.2. The Morgan fingerprint density at radius 2 is 2.38 bits per heavy atom. The van der Waals surface area contributed by atoms with E-state index in [4.69, 9.17) is 4.84 Å². The number of aliphatic hydroxyl groups excluding tert-OH is 1. The van der Waals surface area contributed by atoms with Crippen molar-refractivity contribution in [2.24, 2.45) is 5.41 Å². The van der Waals surface area contributed by atoms with Crippen LogP contribution in [0.3, 0.4) is 0 Å². The predicted octanol–water partition coefficient (Wildman–Crippen LogP) is 0.308. The van der Waals surface area contributed by atoms with Crippen LogP contribution in [0.25, 0.3) is 0 Å². The summed E-state index contributed by atoms with van der Waals surface area (Å²) < 4.78 is 0. The second-order valence-electron chi connectivity index (χ2n) is 3.79. The van der Waals surface area contributed by atoms with E-state index in [1.807, 2.05) is 20.8 Å². The summed E-state index contributed by atoms with van der Waals surface area (Å²) in [5.41, 5.74) is -0.386. The zero-order chi connectivity index (χ0) is 10.1. The van der Waals surface area contributed by atoms with Crippen molar-refractivity contribution in [2.45, 2.75) is 27.0 Å². The van der Waals surface area contributed by atoms with E-state index in [0.717, 1.165) is 0 Å². The number of hydroxylamine groups is 2. The van der Waals surface area contributed by atoms with Gasteiger partial charge in [0.1, 0.15) is 6.23 Å². The highest BCUT2D eigenvalue weighted by Crippen LogP contribution is 2.24. The average Bonchev–Trinajstić information content (AvgIpc) is 2.00. The van der Waals surface area contributed by atoms with Gasteiger partial charge >= 0.3 is 6.03 Å². The van der Waals surface area contributed by atoms with Crippen LogP contribution in [0.1, 0.15) is 20.8 Å². The van der Waals surface area contributed by atoms with Crippen molar-refractivity contribution in [1.82, 2.24) is 10.4 Å². The summed E-state index contributed by atoms with van der Waals surface area (Å²) in [6, 6.07) is -0.381. The molecule has 5 heteroatoms. The quantitative estimate of drug-likeness (QED) is 0.655. The molecule has 1 rings (SSSR count). The van der Waals surface area contributed by atoms with Gasteiger partial charge in [0.05, 0.1) is 13.2 Å². The maximum absolute atomic E-state index is 11.2. The number of carbonyl (C=O) groups excluding carboxylic acids is 1. The standard InChI is InChI=1S/C8H16N2O3/c1-4-13-10-5-8(2,3)6(11)9-7(10)12/h6,11H,4-5H2,1-3H3,(H,9,12). The van der Waals surface area contributed by atoms with Crippen molar-refractivity contribution in [1.29, 1.82) is 0 Å². The number of nitrogens with one attached hydrogen (secondary N) is 1. The molecule has 1 aliphatic heterocycles. The molecule has 0 aromatic rings. The first kappa shape index (κ1) is 10.3. The van der Waals surface area contributed by atoms with Crippen molar-refractivity contribution >= 4 is 6.03 Å². The minimum atomic E-state index is -0.809. The van der Waals surface area contributed by atoms with E-state index in [1.165, 1.54) is 5.06 Å². The number of rotatable bonds is 2. The Morgan fingerprint density at radius 3 is 2.92 bits per heavy atom. The van der Waals surface area contributed by atoms with Crippen molar-refractivity contribution < 1.29 is 14.7 Å². The fourth-order valence-electron chi connectivity index (χ4n) is 1.17. The van der Waals surface area contributed by atoms with Crippen molar-refractivity contribution in [3.05, 3.63) is 0 Å². The number of hydrogen-bond donors (Lipinski definition) is 2. The molecule has 0 aromatic carbocycles. The fourth-order valence-corrected chi connectivity index (χ4v) is 1.17. The summed E-state index contributed by atoms with van der Waals surface area (Å²) in [5, 5.41) is 13.1. The Morgan fingerprint density at radius 1 is 1.77 bits per heavy atom. The van der Waals surface area contributed by atoms with Gasteiger partial charge in [0, 0.05) is 5.41 Å². The van der Waals surface area contributed by atoms with Crippen LogP contribution in [0.15, 0.2) is 0 Å².